The van der Waals surface area contributed by atoms with Gasteiger partial charge in [-0.1, -0.05) is 68.1 Å². The summed E-state index contributed by atoms with van der Waals surface area (Å²) in [6.07, 6.45) is 2.28. The van der Waals surface area contributed by atoms with E-state index in [-0.39, 0.29) is 0 Å². The Kier molecular flexibility index (Phi) is 3.60. The molecule has 0 radical (unpaired) electrons. The molecule has 0 saturated carbocycles. The highest BCUT2D eigenvalue weighted by atomic mass is 15.0. The van der Waals surface area contributed by atoms with Crippen LogP contribution >= 0.6 is 0 Å². The van der Waals surface area contributed by atoms with Gasteiger partial charge in [0.2, 0.25) is 0 Å². The first-order chi connectivity index (χ1) is 9.72. The van der Waals surface area contributed by atoms with E-state index in [1.807, 2.05) is 0 Å². The summed E-state index contributed by atoms with van der Waals surface area (Å²) in [6, 6.07) is 20.0. The van der Waals surface area contributed by atoms with Crippen LogP contribution in [0.1, 0.15) is 18.9 Å². The first-order valence-electron chi connectivity index (χ1n) is 7.32. The van der Waals surface area contributed by atoms with Gasteiger partial charge in [-0.05, 0) is 35.4 Å². The van der Waals surface area contributed by atoms with E-state index in [1.165, 1.54) is 28.8 Å². The molecular formula is C19H21N. The van der Waals surface area contributed by atoms with Crippen molar-refractivity contribution in [2.45, 2.75) is 25.8 Å². The van der Waals surface area contributed by atoms with Crippen molar-refractivity contribution in [2.75, 3.05) is 0 Å². The lowest BCUT2D eigenvalue weighted by atomic mass is 9.98. The number of nitrogens with one attached hydrogen (secondary N) is 1. The molecule has 3 rings (SSSR count). The van der Waals surface area contributed by atoms with E-state index in [4.69, 9.17) is 0 Å². The zero-order chi connectivity index (χ0) is 13.9. The minimum atomic E-state index is 0.542. The maximum atomic E-state index is 4.07. The second-order valence-electron chi connectivity index (χ2n) is 5.77. The van der Waals surface area contributed by atoms with Crippen molar-refractivity contribution < 1.29 is 0 Å². The lowest BCUT2D eigenvalue weighted by Gasteiger charge is -2.11. The molecule has 1 heteroatoms. The minimum absolute atomic E-state index is 0.542. The predicted molar refractivity (Wildman–Crippen MR) is 85.4 cm³/mol. The summed E-state index contributed by atoms with van der Waals surface area (Å²) in [5.74, 6) is 0.601. The SMILES string of the molecule is C=C1NC(Cc2ccc(-c3ccccc3)cc2)C[C@H]1C. The standard InChI is InChI=1S/C19H21N/c1-14-12-19(20-15(14)2)13-16-8-10-18(11-9-16)17-6-4-3-5-7-17/h3-11,14,19-20H,2,12-13H2,1H3/t14-,19?/m1/s1. The lowest BCUT2D eigenvalue weighted by Crippen LogP contribution is -2.22. The van der Waals surface area contributed by atoms with Crippen LogP contribution in [0.4, 0.5) is 0 Å². The zero-order valence-corrected chi connectivity index (χ0v) is 12.0. The van der Waals surface area contributed by atoms with Gasteiger partial charge in [-0.25, -0.2) is 0 Å². The highest BCUT2D eigenvalue weighted by molar-refractivity contribution is 5.63. The van der Waals surface area contributed by atoms with Crippen LogP contribution in [0.25, 0.3) is 11.1 Å². The Morgan fingerprint density at radius 2 is 1.65 bits per heavy atom. The molecule has 2 atom stereocenters. The van der Waals surface area contributed by atoms with Crippen molar-refractivity contribution >= 4 is 0 Å². The fourth-order valence-corrected chi connectivity index (χ4v) is 2.92. The molecule has 0 aliphatic carbocycles. The molecule has 1 aliphatic rings. The third-order valence-corrected chi connectivity index (χ3v) is 4.17. The number of hydrogen-bond acceptors (Lipinski definition) is 1. The molecule has 20 heavy (non-hydrogen) atoms. The second-order valence-corrected chi connectivity index (χ2v) is 5.77. The van der Waals surface area contributed by atoms with E-state index < -0.39 is 0 Å². The van der Waals surface area contributed by atoms with Gasteiger partial charge in [-0.3, -0.25) is 0 Å². The quantitative estimate of drug-likeness (QED) is 0.865. The molecule has 2 aromatic carbocycles. The molecule has 102 valence electrons. The van der Waals surface area contributed by atoms with Gasteiger partial charge in [0.1, 0.15) is 0 Å². The van der Waals surface area contributed by atoms with E-state index in [9.17, 15) is 0 Å². The molecule has 0 amide bonds. The Hall–Kier alpha value is -2.02. The number of benzene rings is 2. The van der Waals surface area contributed by atoms with Crippen LogP contribution in [0.3, 0.4) is 0 Å². The Morgan fingerprint density at radius 3 is 2.25 bits per heavy atom. The Bertz CT molecular complexity index is 583. The monoisotopic (exact) mass is 263 g/mol. The second kappa shape index (κ2) is 5.54. The Balaban J connectivity index is 1.69. The molecule has 1 N–H and O–H groups in total. The molecule has 1 saturated heterocycles. The van der Waals surface area contributed by atoms with Gasteiger partial charge in [-0.15, -0.1) is 0 Å². The average molecular weight is 263 g/mol. The molecule has 1 fully saturated rings. The molecule has 2 aromatic rings. The van der Waals surface area contributed by atoms with E-state index in [1.54, 1.807) is 0 Å². The van der Waals surface area contributed by atoms with Crippen LogP contribution in [-0.2, 0) is 6.42 Å². The highest BCUT2D eigenvalue weighted by Gasteiger charge is 2.23. The minimum Gasteiger partial charge on any atom is -0.386 e. The van der Waals surface area contributed by atoms with Gasteiger partial charge in [0.05, 0.1) is 0 Å². The van der Waals surface area contributed by atoms with Crippen LogP contribution in [0.2, 0.25) is 0 Å². The Labute approximate surface area is 121 Å². The molecule has 1 nitrogen and oxygen atoms in total. The van der Waals surface area contributed by atoms with Crippen molar-refractivity contribution in [1.82, 2.24) is 5.32 Å². The summed E-state index contributed by atoms with van der Waals surface area (Å²) in [5.41, 5.74) is 5.14. The maximum absolute atomic E-state index is 4.07. The summed E-state index contributed by atoms with van der Waals surface area (Å²) in [6.45, 7) is 6.31. The van der Waals surface area contributed by atoms with E-state index in [0.717, 1.165) is 6.42 Å². The van der Waals surface area contributed by atoms with Crippen LogP contribution < -0.4 is 5.32 Å². The van der Waals surface area contributed by atoms with Gasteiger partial charge in [0.25, 0.3) is 0 Å². The van der Waals surface area contributed by atoms with E-state index in [0.29, 0.717) is 12.0 Å². The summed E-state index contributed by atoms with van der Waals surface area (Å²) in [5, 5.41) is 3.50. The van der Waals surface area contributed by atoms with Gasteiger partial charge in [0.15, 0.2) is 0 Å². The largest absolute Gasteiger partial charge is 0.386 e. The van der Waals surface area contributed by atoms with Crippen LogP contribution in [0, 0.1) is 5.92 Å². The van der Waals surface area contributed by atoms with Crippen molar-refractivity contribution in [3.8, 4) is 11.1 Å². The van der Waals surface area contributed by atoms with Gasteiger partial charge >= 0.3 is 0 Å². The fraction of sp³-hybridized carbons (Fsp3) is 0.263. The number of allylic oxidation sites excluding steroid dienone is 1. The summed E-state index contributed by atoms with van der Waals surface area (Å²) in [4.78, 5) is 0. The molecule has 0 spiro atoms. The van der Waals surface area contributed by atoms with Crippen molar-refractivity contribution in [2.24, 2.45) is 5.92 Å². The normalized spacial score (nSPS) is 21.8. The third-order valence-electron chi connectivity index (χ3n) is 4.17. The van der Waals surface area contributed by atoms with Crippen LogP contribution in [-0.4, -0.2) is 6.04 Å². The summed E-state index contributed by atoms with van der Waals surface area (Å²) < 4.78 is 0. The number of hydrogen-bond donors (Lipinski definition) is 1. The molecule has 0 aromatic heterocycles. The van der Waals surface area contributed by atoms with Crippen molar-refractivity contribution in [3.05, 3.63) is 72.4 Å². The van der Waals surface area contributed by atoms with Crippen LogP contribution in [0.15, 0.2) is 66.9 Å². The van der Waals surface area contributed by atoms with Crippen molar-refractivity contribution in [3.63, 3.8) is 0 Å². The number of rotatable bonds is 3. The van der Waals surface area contributed by atoms with E-state index in [2.05, 4.69) is 73.4 Å². The first kappa shape index (κ1) is 13.0. The maximum Gasteiger partial charge on any atom is 0.0304 e. The molecule has 1 unspecified atom stereocenters. The lowest BCUT2D eigenvalue weighted by molar-refractivity contribution is 0.581. The predicted octanol–water partition coefficient (Wildman–Crippen LogP) is 4.41. The van der Waals surface area contributed by atoms with Gasteiger partial charge < -0.3 is 5.32 Å². The van der Waals surface area contributed by atoms with Gasteiger partial charge in [-0.2, -0.15) is 0 Å². The summed E-state index contributed by atoms with van der Waals surface area (Å²) in [7, 11) is 0. The topological polar surface area (TPSA) is 12.0 Å². The van der Waals surface area contributed by atoms with Gasteiger partial charge in [0, 0.05) is 11.7 Å². The average Bonchev–Trinajstić information content (AvgIpc) is 2.79. The zero-order valence-electron chi connectivity index (χ0n) is 12.0. The van der Waals surface area contributed by atoms with Crippen molar-refractivity contribution in [1.29, 1.82) is 0 Å². The molecule has 0 bridgehead atoms. The fourth-order valence-electron chi connectivity index (χ4n) is 2.92. The third kappa shape index (κ3) is 2.77. The highest BCUT2D eigenvalue weighted by Crippen LogP contribution is 2.25. The first-order valence-corrected chi connectivity index (χ1v) is 7.32. The molecule has 1 aliphatic heterocycles. The summed E-state index contributed by atoms with van der Waals surface area (Å²) >= 11 is 0. The molecular weight excluding hydrogens is 242 g/mol. The Morgan fingerprint density at radius 1 is 1.00 bits per heavy atom. The van der Waals surface area contributed by atoms with Crippen LogP contribution in [0.5, 0.6) is 0 Å². The smallest absolute Gasteiger partial charge is 0.0304 e. The molecule has 1 heterocycles. The van der Waals surface area contributed by atoms with E-state index >= 15 is 0 Å².